The Kier molecular flexibility index (Phi) is 2.99. The Morgan fingerprint density at radius 3 is 2.07 bits per heavy atom. The Labute approximate surface area is 93.7 Å². The van der Waals surface area contributed by atoms with Crippen LogP contribution in [0, 0.1) is 0 Å². The van der Waals surface area contributed by atoms with Gasteiger partial charge in [-0.15, -0.1) is 0 Å². The van der Waals surface area contributed by atoms with E-state index in [1.807, 2.05) is 36.4 Å². The number of aromatic nitrogens is 1. The summed E-state index contributed by atoms with van der Waals surface area (Å²) in [5, 5.41) is 0.723. The van der Waals surface area contributed by atoms with Gasteiger partial charge < -0.3 is 5.73 Å². The van der Waals surface area contributed by atoms with Crippen LogP contribution in [0.4, 0.5) is 0 Å². The molecule has 2 aromatic rings. The normalized spacial score (nSPS) is 12.4. The van der Waals surface area contributed by atoms with Crippen LogP contribution in [-0.2, 0) is 0 Å². The van der Waals surface area contributed by atoms with Crippen molar-refractivity contribution in [2.45, 2.75) is 6.04 Å². The third-order valence-corrected chi connectivity index (χ3v) is 2.55. The molecule has 0 unspecified atom stereocenters. The van der Waals surface area contributed by atoms with Crippen LogP contribution in [-0.4, -0.2) is 4.98 Å². The van der Waals surface area contributed by atoms with Gasteiger partial charge in [0.05, 0.1) is 6.04 Å². The van der Waals surface area contributed by atoms with Crippen molar-refractivity contribution >= 4 is 11.6 Å². The van der Waals surface area contributed by atoms with E-state index in [-0.39, 0.29) is 6.04 Å². The molecule has 1 aromatic heterocycles. The fourth-order valence-electron chi connectivity index (χ4n) is 1.43. The summed E-state index contributed by atoms with van der Waals surface area (Å²) in [6.45, 7) is 0. The summed E-state index contributed by atoms with van der Waals surface area (Å²) in [5.41, 5.74) is 8.19. The summed E-state index contributed by atoms with van der Waals surface area (Å²) in [6.07, 6.45) is 3.48. The van der Waals surface area contributed by atoms with E-state index >= 15 is 0 Å². The molecular formula is C12H11ClN2. The topological polar surface area (TPSA) is 38.9 Å². The van der Waals surface area contributed by atoms with E-state index in [0.717, 1.165) is 16.1 Å². The van der Waals surface area contributed by atoms with Crippen LogP contribution in [0.15, 0.2) is 48.8 Å². The van der Waals surface area contributed by atoms with E-state index in [0.29, 0.717) is 0 Å². The maximum absolute atomic E-state index is 6.10. The zero-order valence-electron chi connectivity index (χ0n) is 8.10. The highest BCUT2D eigenvalue weighted by atomic mass is 35.5. The van der Waals surface area contributed by atoms with E-state index in [1.165, 1.54) is 0 Å². The lowest BCUT2D eigenvalue weighted by Gasteiger charge is -2.11. The Bertz CT molecular complexity index is 425. The minimum Gasteiger partial charge on any atom is -0.320 e. The van der Waals surface area contributed by atoms with Gasteiger partial charge in [0.2, 0.25) is 0 Å². The fourth-order valence-corrected chi connectivity index (χ4v) is 1.56. The fraction of sp³-hybridized carbons (Fsp3) is 0.0833. The lowest BCUT2D eigenvalue weighted by molar-refractivity contribution is 0.868. The van der Waals surface area contributed by atoms with Crippen LogP contribution >= 0.6 is 11.6 Å². The Morgan fingerprint density at radius 1 is 0.933 bits per heavy atom. The second kappa shape index (κ2) is 4.43. The molecule has 0 bridgehead atoms. The maximum Gasteiger partial charge on any atom is 0.0552 e. The highest BCUT2D eigenvalue weighted by Crippen LogP contribution is 2.20. The van der Waals surface area contributed by atoms with Crippen molar-refractivity contribution in [3.8, 4) is 0 Å². The van der Waals surface area contributed by atoms with Crippen LogP contribution in [0.5, 0.6) is 0 Å². The average Bonchev–Trinajstić information content (AvgIpc) is 2.30. The summed E-state index contributed by atoms with van der Waals surface area (Å²) < 4.78 is 0. The highest BCUT2D eigenvalue weighted by Gasteiger charge is 2.07. The molecule has 0 aliphatic carbocycles. The average molecular weight is 219 g/mol. The van der Waals surface area contributed by atoms with Gasteiger partial charge in [0, 0.05) is 17.4 Å². The van der Waals surface area contributed by atoms with Gasteiger partial charge in [0.1, 0.15) is 0 Å². The summed E-state index contributed by atoms with van der Waals surface area (Å²) in [6, 6.07) is 11.3. The molecule has 3 heteroatoms. The number of pyridine rings is 1. The van der Waals surface area contributed by atoms with Crippen molar-refractivity contribution in [1.82, 2.24) is 4.98 Å². The number of nitrogens with zero attached hydrogens (tertiary/aromatic N) is 1. The second-order valence-electron chi connectivity index (χ2n) is 3.31. The number of hydrogen-bond acceptors (Lipinski definition) is 2. The van der Waals surface area contributed by atoms with Crippen LogP contribution in [0.25, 0.3) is 0 Å². The van der Waals surface area contributed by atoms with Crippen molar-refractivity contribution < 1.29 is 0 Å². The minimum absolute atomic E-state index is 0.120. The van der Waals surface area contributed by atoms with Gasteiger partial charge in [-0.25, -0.2) is 0 Å². The van der Waals surface area contributed by atoms with Crippen LogP contribution in [0.3, 0.4) is 0 Å². The van der Waals surface area contributed by atoms with Crippen molar-refractivity contribution in [2.75, 3.05) is 0 Å². The Morgan fingerprint density at radius 2 is 1.47 bits per heavy atom. The molecule has 1 aromatic carbocycles. The van der Waals surface area contributed by atoms with Gasteiger partial charge in [0.25, 0.3) is 0 Å². The summed E-state index contributed by atoms with van der Waals surface area (Å²) in [5.74, 6) is 0. The molecule has 0 spiro atoms. The molecule has 0 aliphatic rings. The summed E-state index contributed by atoms with van der Waals surface area (Å²) >= 11 is 5.81. The molecule has 0 amide bonds. The van der Waals surface area contributed by atoms with E-state index in [2.05, 4.69) is 4.98 Å². The Balaban J connectivity index is 2.29. The van der Waals surface area contributed by atoms with Crippen molar-refractivity contribution in [2.24, 2.45) is 5.73 Å². The van der Waals surface area contributed by atoms with Gasteiger partial charge in [-0.2, -0.15) is 0 Å². The van der Waals surface area contributed by atoms with E-state index < -0.39 is 0 Å². The molecular weight excluding hydrogens is 208 g/mol. The molecule has 2 rings (SSSR count). The van der Waals surface area contributed by atoms with E-state index in [4.69, 9.17) is 17.3 Å². The Hall–Kier alpha value is -1.38. The largest absolute Gasteiger partial charge is 0.320 e. The minimum atomic E-state index is -0.120. The lowest BCUT2D eigenvalue weighted by Crippen LogP contribution is -2.11. The molecule has 76 valence electrons. The predicted molar refractivity (Wildman–Crippen MR) is 61.7 cm³/mol. The zero-order valence-corrected chi connectivity index (χ0v) is 8.85. The molecule has 0 radical (unpaired) electrons. The van der Waals surface area contributed by atoms with Crippen molar-refractivity contribution in [3.63, 3.8) is 0 Å². The van der Waals surface area contributed by atoms with Gasteiger partial charge in [-0.05, 0) is 35.4 Å². The third kappa shape index (κ3) is 2.35. The smallest absolute Gasteiger partial charge is 0.0552 e. The molecule has 0 fully saturated rings. The molecule has 1 atom stereocenters. The van der Waals surface area contributed by atoms with E-state index in [1.54, 1.807) is 12.4 Å². The first kappa shape index (κ1) is 10.1. The lowest BCUT2D eigenvalue weighted by atomic mass is 10.0. The van der Waals surface area contributed by atoms with Gasteiger partial charge in [0.15, 0.2) is 0 Å². The van der Waals surface area contributed by atoms with Crippen LogP contribution < -0.4 is 5.73 Å². The molecule has 0 saturated carbocycles. The number of benzene rings is 1. The number of rotatable bonds is 2. The van der Waals surface area contributed by atoms with E-state index in [9.17, 15) is 0 Å². The third-order valence-electron chi connectivity index (χ3n) is 2.29. The molecule has 2 nitrogen and oxygen atoms in total. The number of nitrogens with two attached hydrogens (primary N) is 1. The summed E-state index contributed by atoms with van der Waals surface area (Å²) in [4.78, 5) is 3.96. The van der Waals surface area contributed by atoms with Crippen molar-refractivity contribution in [3.05, 3.63) is 64.9 Å². The van der Waals surface area contributed by atoms with Crippen LogP contribution in [0.2, 0.25) is 5.02 Å². The first-order valence-electron chi connectivity index (χ1n) is 4.68. The monoisotopic (exact) mass is 218 g/mol. The second-order valence-corrected chi connectivity index (χ2v) is 3.75. The molecule has 0 saturated heterocycles. The first-order valence-corrected chi connectivity index (χ1v) is 5.06. The van der Waals surface area contributed by atoms with Gasteiger partial charge in [-0.1, -0.05) is 23.7 Å². The predicted octanol–water partition coefficient (Wildman–Crippen LogP) is 2.78. The van der Waals surface area contributed by atoms with Gasteiger partial charge in [-0.3, -0.25) is 4.98 Å². The number of hydrogen-bond donors (Lipinski definition) is 1. The van der Waals surface area contributed by atoms with Crippen molar-refractivity contribution in [1.29, 1.82) is 0 Å². The quantitative estimate of drug-likeness (QED) is 0.842. The molecule has 1 heterocycles. The summed E-state index contributed by atoms with van der Waals surface area (Å²) in [7, 11) is 0. The first-order chi connectivity index (χ1) is 7.27. The van der Waals surface area contributed by atoms with Crippen LogP contribution in [0.1, 0.15) is 17.2 Å². The SMILES string of the molecule is N[C@@H](c1ccncc1)c1ccc(Cl)cc1. The van der Waals surface area contributed by atoms with Gasteiger partial charge >= 0.3 is 0 Å². The zero-order chi connectivity index (χ0) is 10.7. The molecule has 0 aliphatic heterocycles. The standard InChI is InChI=1S/C12H11ClN2/c13-11-3-1-9(2-4-11)12(14)10-5-7-15-8-6-10/h1-8,12H,14H2/t12-/m1/s1. The molecule has 15 heavy (non-hydrogen) atoms. The highest BCUT2D eigenvalue weighted by molar-refractivity contribution is 6.30. The molecule has 2 N–H and O–H groups in total. The maximum atomic E-state index is 6.10. The number of halogens is 1.